The van der Waals surface area contributed by atoms with Crippen LogP contribution in [-0.2, 0) is 23.9 Å². The van der Waals surface area contributed by atoms with Crippen LogP contribution in [0.4, 0.5) is 11.4 Å². The average Bonchev–Trinajstić information content (AvgIpc) is 2.72. The van der Waals surface area contributed by atoms with Gasteiger partial charge < -0.3 is 20.7 Å². The Morgan fingerprint density at radius 2 is 1.43 bits per heavy atom. The van der Waals surface area contributed by atoms with Crippen molar-refractivity contribution in [3.63, 3.8) is 0 Å². The average molecular weight is 411 g/mol. The van der Waals surface area contributed by atoms with Gasteiger partial charge in [-0.15, -0.1) is 0 Å². The number of rotatable bonds is 9. The third kappa shape index (κ3) is 8.14. The molecule has 8 heteroatoms. The van der Waals surface area contributed by atoms with E-state index in [2.05, 4.69) is 16.0 Å². The predicted octanol–water partition coefficient (Wildman–Crippen LogP) is 2.78. The summed E-state index contributed by atoms with van der Waals surface area (Å²) in [4.78, 5) is 46.6. The van der Waals surface area contributed by atoms with Gasteiger partial charge in [-0.3, -0.25) is 19.2 Å². The van der Waals surface area contributed by atoms with Gasteiger partial charge in [-0.05, 0) is 36.8 Å². The minimum Gasteiger partial charge on any atom is -0.456 e. The molecule has 158 valence electrons. The maximum Gasteiger partial charge on any atom is 0.306 e. The van der Waals surface area contributed by atoms with Crippen LogP contribution in [0.2, 0.25) is 0 Å². The van der Waals surface area contributed by atoms with Crippen molar-refractivity contribution >= 4 is 35.1 Å². The molecule has 2 aromatic rings. The van der Waals surface area contributed by atoms with Crippen LogP contribution in [0.1, 0.15) is 38.3 Å². The van der Waals surface area contributed by atoms with E-state index in [4.69, 9.17) is 4.74 Å². The molecule has 0 fully saturated rings. The van der Waals surface area contributed by atoms with Crippen LogP contribution < -0.4 is 16.0 Å². The molecule has 8 nitrogen and oxygen atoms in total. The van der Waals surface area contributed by atoms with Crippen LogP contribution >= 0.6 is 0 Å². The first-order chi connectivity index (χ1) is 14.3. The zero-order chi connectivity index (χ0) is 21.9. The van der Waals surface area contributed by atoms with E-state index < -0.39 is 18.5 Å². The van der Waals surface area contributed by atoms with Gasteiger partial charge in [0, 0.05) is 24.7 Å². The van der Waals surface area contributed by atoms with Gasteiger partial charge in [0.15, 0.2) is 6.61 Å². The molecule has 2 rings (SSSR count). The number of esters is 1. The molecule has 0 saturated carbocycles. The van der Waals surface area contributed by atoms with Gasteiger partial charge in [-0.2, -0.15) is 0 Å². The van der Waals surface area contributed by atoms with E-state index in [1.165, 1.54) is 6.92 Å². The largest absolute Gasteiger partial charge is 0.456 e. The number of hydrogen-bond donors (Lipinski definition) is 3. The number of anilines is 2. The second kappa shape index (κ2) is 11.4. The van der Waals surface area contributed by atoms with E-state index in [1.54, 1.807) is 24.3 Å². The van der Waals surface area contributed by atoms with Crippen LogP contribution in [0.25, 0.3) is 0 Å². The van der Waals surface area contributed by atoms with E-state index >= 15 is 0 Å². The Kier molecular flexibility index (Phi) is 8.56. The van der Waals surface area contributed by atoms with Crippen molar-refractivity contribution < 1.29 is 23.9 Å². The number of carbonyl (C=O) groups is 4. The van der Waals surface area contributed by atoms with Gasteiger partial charge in [0.2, 0.25) is 11.8 Å². The molecular weight excluding hydrogens is 386 g/mol. The highest BCUT2D eigenvalue weighted by molar-refractivity contribution is 5.93. The Morgan fingerprint density at radius 3 is 2.03 bits per heavy atom. The van der Waals surface area contributed by atoms with E-state index in [9.17, 15) is 19.2 Å². The molecule has 0 saturated heterocycles. The summed E-state index contributed by atoms with van der Waals surface area (Å²) in [6.07, 6.45) is -0.217. The molecule has 0 aliphatic carbocycles. The molecule has 0 aliphatic rings. The van der Waals surface area contributed by atoms with Crippen molar-refractivity contribution in [1.82, 2.24) is 5.32 Å². The highest BCUT2D eigenvalue weighted by Gasteiger charge is 2.13. The molecule has 1 atom stereocenters. The van der Waals surface area contributed by atoms with E-state index in [1.807, 2.05) is 37.3 Å². The third-order valence-electron chi connectivity index (χ3n) is 4.09. The summed E-state index contributed by atoms with van der Waals surface area (Å²) in [7, 11) is 0. The first-order valence-electron chi connectivity index (χ1n) is 9.51. The molecule has 0 bridgehead atoms. The zero-order valence-electron chi connectivity index (χ0n) is 16.9. The lowest BCUT2D eigenvalue weighted by atomic mass is 10.1. The SMILES string of the molecule is CC(=O)Nc1ccc(NC(=O)CCC(=O)OCC(=O)N[C@H](C)c2ccccc2)cc1. The molecule has 2 aromatic carbocycles. The van der Waals surface area contributed by atoms with E-state index in [0.29, 0.717) is 11.4 Å². The van der Waals surface area contributed by atoms with Crippen LogP contribution in [0, 0.1) is 0 Å². The van der Waals surface area contributed by atoms with E-state index in [-0.39, 0.29) is 30.7 Å². The number of amides is 3. The molecule has 0 aliphatic heterocycles. The summed E-state index contributed by atoms with van der Waals surface area (Å²) in [5, 5.41) is 8.02. The molecule has 0 radical (unpaired) electrons. The summed E-state index contributed by atoms with van der Waals surface area (Å²) >= 11 is 0. The van der Waals surface area contributed by atoms with Gasteiger partial charge in [0.05, 0.1) is 12.5 Å². The lowest BCUT2D eigenvalue weighted by Gasteiger charge is -2.14. The van der Waals surface area contributed by atoms with E-state index in [0.717, 1.165) is 5.56 Å². The van der Waals surface area contributed by atoms with Crippen LogP contribution in [0.5, 0.6) is 0 Å². The fourth-order valence-electron chi connectivity index (χ4n) is 2.61. The molecule has 0 spiro atoms. The number of ether oxygens (including phenoxy) is 1. The van der Waals surface area contributed by atoms with Gasteiger partial charge in [0.25, 0.3) is 5.91 Å². The van der Waals surface area contributed by atoms with Crippen molar-refractivity contribution in [1.29, 1.82) is 0 Å². The Labute approximate surface area is 175 Å². The Morgan fingerprint density at radius 1 is 0.833 bits per heavy atom. The van der Waals surface area contributed by atoms with Crippen molar-refractivity contribution in [2.45, 2.75) is 32.7 Å². The number of carbonyl (C=O) groups excluding carboxylic acids is 4. The Hall–Kier alpha value is -3.68. The maximum absolute atomic E-state index is 12.0. The van der Waals surface area contributed by atoms with Gasteiger partial charge >= 0.3 is 5.97 Å². The molecule has 0 unspecified atom stereocenters. The van der Waals surface area contributed by atoms with Crippen molar-refractivity contribution in [3.05, 3.63) is 60.2 Å². The predicted molar refractivity (Wildman–Crippen MR) is 113 cm³/mol. The second-order valence-electron chi connectivity index (χ2n) is 6.67. The van der Waals surface area contributed by atoms with Crippen LogP contribution in [-0.4, -0.2) is 30.3 Å². The minimum atomic E-state index is -0.631. The fraction of sp³-hybridized carbons (Fsp3) is 0.273. The second-order valence-corrected chi connectivity index (χ2v) is 6.67. The highest BCUT2D eigenvalue weighted by atomic mass is 16.5. The summed E-state index contributed by atoms with van der Waals surface area (Å²) in [6.45, 7) is 2.84. The van der Waals surface area contributed by atoms with Crippen LogP contribution in [0.3, 0.4) is 0 Å². The maximum atomic E-state index is 12.0. The van der Waals surface area contributed by atoms with Crippen molar-refractivity contribution in [3.8, 4) is 0 Å². The normalized spacial score (nSPS) is 11.1. The zero-order valence-corrected chi connectivity index (χ0v) is 16.9. The first kappa shape index (κ1) is 22.6. The standard InChI is InChI=1S/C22H25N3O5/c1-15(17-6-4-3-5-7-17)23-21(28)14-30-22(29)13-12-20(27)25-19-10-8-18(9-11-19)24-16(2)26/h3-11,15H,12-14H2,1-2H3,(H,23,28)(H,24,26)(H,25,27)/t15-/m1/s1. The molecule has 0 aromatic heterocycles. The molecule has 3 N–H and O–H groups in total. The lowest BCUT2D eigenvalue weighted by Crippen LogP contribution is -2.31. The molecule has 30 heavy (non-hydrogen) atoms. The number of benzene rings is 2. The molecular formula is C22H25N3O5. The van der Waals surface area contributed by atoms with Gasteiger partial charge in [0.1, 0.15) is 0 Å². The fourth-order valence-corrected chi connectivity index (χ4v) is 2.61. The summed E-state index contributed by atoms with van der Waals surface area (Å²) in [5.74, 6) is -1.59. The summed E-state index contributed by atoms with van der Waals surface area (Å²) in [6, 6.07) is 15.8. The highest BCUT2D eigenvalue weighted by Crippen LogP contribution is 2.14. The first-order valence-corrected chi connectivity index (χ1v) is 9.51. The third-order valence-corrected chi connectivity index (χ3v) is 4.09. The monoisotopic (exact) mass is 411 g/mol. The molecule has 3 amide bonds. The van der Waals surface area contributed by atoms with Crippen LogP contribution in [0.15, 0.2) is 54.6 Å². The Bertz CT molecular complexity index is 881. The minimum absolute atomic E-state index is 0.0751. The van der Waals surface area contributed by atoms with Gasteiger partial charge in [-0.1, -0.05) is 30.3 Å². The van der Waals surface area contributed by atoms with Crippen molar-refractivity contribution in [2.75, 3.05) is 17.2 Å². The lowest BCUT2D eigenvalue weighted by molar-refractivity contribution is -0.149. The molecule has 0 heterocycles. The smallest absolute Gasteiger partial charge is 0.306 e. The summed E-state index contributed by atoms with van der Waals surface area (Å²) in [5.41, 5.74) is 2.10. The number of hydrogen-bond acceptors (Lipinski definition) is 5. The number of nitrogens with one attached hydrogen (secondary N) is 3. The van der Waals surface area contributed by atoms with Crippen molar-refractivity contribution in [2.24, 2.45) is 0 Å². The summed E-state index contributed by atoms with van der Waals surface area (Å²) < 4.78 is 4.92. The quantitative estimate of drug-likeness (QED) is 0.549. The van der Waals surface area contributed by atoms with Gasteiger partial charge in [-0.25, -0.2) is 0 Å². The topological polar surface area (TPSA) is 114 Å². The Balaban J connectivity index is 1.66.